The van der Waals surface area contributed by atoms with E-state index in [0.717, 1.165) is 11.3 Å². The first-order chi connectivity index (χ1) is 10.1. The van der Waals surface area contributed by atoms with Gasteiger partial charge < -0.3 is 10.8 Å². The lowest BCUT2D eigenvalue weighted by molar-refractivity contribution is -0.136. The van der Waals surface area contributed by atoms with E-state index in [9.17, 15) is 4.79 Å². The predicted molar refractivity (Wildman–Crippen MR) is 87.4 cm³/mol. The van der Waals surface area contributed by atoms with E-state index in [1.807, 2.05) is 48.5 Å². The zero-order valence-corrected chi connectivity index (χ0v) is 12.3. The van der Waals surface area contributed by atoms with Gasteiger partial charge in [0.1, 0.15) is 0 Å². The number of hydrogen-bond donors (Lipinski definition) is 3. The SMILES string of the molecule is N=C(N)SCc1ccccc1.O=C(O)Cc1ccccc1. The second-order valence-corrected chi connectivity index (χ2v) is 5.21. The molecule has 0 heterocycles. The van der Waals surface area contributed by atoms with Gasteiger partial charge in [0, 0.05) is 5.75 Å². The van der Waals surface area contributed by atoms with Crippen LogP contribution in [0.4, 0.5) is 0 Å². The number of carboxylic acid groups (broad SMARTS) is 1. The van der Waals surface area contributed by atoms with Crippen molar-refractivity contribution >= 4 is 22.9 Å². The predicted octanol–water partition coefficient (Wildman–Crippen LogP) is 3.13. The van der Waals surface area contributed by atoms with Crippen LogP contribution in [0.1, 0.15) is 11.1 Å². The normalized spacial score (nSPS) is 9.33. The van der Waals surface area contributed by atoms with Crippen molar-refractivity contribution < 1.29 is 9.90 Å². The van der Waals surface area contributed by atoms with Crippen LogP contribution in [0.15, 0.2) is 60.7 Å². The molecule has 2 aromatic rings. The highest BCUT2D eigenvalue weighted by molar-refractivity contribution is 8.13. The fourth-order valence-corrected chi connectivity index (χ4v) is 2.02. The van der Waals surface area contributed by atoms with E-state index in [1.165, 1.54) is 17.3 Å². The van der Waals surface area contributed by atoms with Crippen LogP contribution in [0, 0.1) is 5.41 Å². The van der Waals surface area contributed by atoms with Crippen molar-refractivity contribution in [1.82, 2.24) is 0 Å². The smallest absolute Gasteiger partial charge is 0.307 e. The minimum atomic E-state index is -0.786. The molecule has 2 aromatic carbocycles. The summed E-state index contributed by atoms with van der Waals surface area (Å²) < 4.78 is 0. The fraction of sp³-hybridized carbons (Fsp3) is 0.125. The van der Waals surface area contributed by atoms with Gasteiger partial charge >= 0.3 is 5.97 Å². The lowest BCUT2D eigenvalue weighted by Gasteiger charge is -1.97. The van der Waals surface area contributed by atoms with Gasteiger partial charge in [0.2, 0.25) is 0 Å². The Morgan fingerprint density at radius 3 is 1.90 bits per heavy atom. The van der Waals surface area contributed by atoms with Crippen molar-refractivity contribution in [2.45, 2.75) is 12.2 Å². The third-order valence-corrected chi connectivity index (χ3v) is 3.22. The highest BCUT2D eigenvalue weighted by atomic mass is 32.2. The summed E-state index contributed by atoms with van der Waals surface area (Å²) in [5, 5.41) is 15.5. The summed E-state index contributed by atoms with van der Waals surface area (Å²) in [6, 6.07) is 19.1. The van der Waals surface area contributed by atoms with E-state index in [2.05, 4.69) is 0 Å². The average Bonchev–Trinajstić information content (AvgIpc) is 2.47. The Morgan fingerprint density at radius 2 is 1.48 bits per heavy atom. The molecule has 2 rings (SSSR count). The van der Waals surface area contributed by atoms with Gasteiger partial charge in [0.05, 0.1) is 6.42 Å². The van der Waals surface area contributed by atoms with Crippen LogP contribution in [0.5, 0.6) is 0 Å². The van der Waals surface area contributed by atoms with Gasteiger partial charge in [-0.05, 0) is 11.1 Å². The molecular formula is C16H18N2O2S. The molecule has 0 atom stereocenters. The Balaban J connectivity index is 0.000000211. The van der Waals surface area contributed by atoms with Crippen molar-refractivity contribution in [1.29, 1.82) is 5.41 Å². The van der Waals surface area contributed by atoms with Crippen LogP contribution < -0.4 is 5.73 Å². The Bertz CT molecular complexity index is 559. The molecule has 0 fully saturated rings. The maximum atomic E-state index is 10.2. The van der Waals surface area contributed by atoms with Crippen LogP contribution in [-0.4, -0.2) is 16.2 Å². The molecule has 0 saturated carbocycles. The van der Waals surface area contributed by atoms with Gasteiger partial charge in [-0.2, -0.15) is 0 Å². The number of carboxylic acids is 1. The second-order valence-electron chi connectivity index (χ2n) is 4.19. The number of benzene rings is 2. The Hall–Kier alpha value is -2.27. The molecule has 0 radical (unpaired) electrons. The van der Waals surface area contributed by atoms with Crippen molar-refractivity contribution in [3.05, 3.63) is 71.8 Å². The molecule has 21 heavy (non-hydrogen) atoms. The van der Waals surface area contributed by atoms with Gasteiger partial charge in [-0.3, -0.25) is 10.2 Å². The molecular weight excluding hydrogens is 284 g/mol. The van der Waals surface area contributed by atoms with Crippen LogP contribution in [0.3, 0.4) is 0 Å². The maximum absolute atomic E-state index is 10.2. The molecule has 4 nitrogen and oxygen atoms in total. The quantitative estimate of drug-likeness (QED) is 0.598. The van der Waals surface area contributed by atoms with Crippen molar-refractivity contribution in [3.8, 4) is 0 Å². The standard InChI is InChI=1S/C8H10N2S.C8H8O2/c9-8(10)11-6-7-4-2-1-3-5-7;9-8(10)6-7-4-2-1-3-5-7/h1-5H,6H2,(H3,9,10);1-5H,6H2,(H,9,10). The summed E-state index contributed by atoms with van der Waals surface area (Å²) in [6.07, 6.45) is 0.112. The highest BCUT2D eigenvalue weighted by Crippen LogP contribution is 2.09. The minimum Gasteiger partial charge on any atom is -0.481 e. The van der Waals surface area contributed by atoms with Gasteiger partial charge in [0.15, 0.2) is 5.17 Å². The number of nitrogens with two attached hydrogens (primary N) is 1. The number of hydrogen-bond acceptors (Lipinski definition) is 3. The van der Waals surface area contributed by atoms with E-state index in [-0.39, 0.29) is 11.6 Å². The molecule has 0 amide bonds. The molecule has 5 heteroatoms. The number of thioether (sulfide) groups is 1. The van der Waals surface area contributed by atoms with Gasteiger partial charge in [-0.25, -0.2) is 0 Å². The van der Waals surface area contributed by atoms with Gasteiger partial charge in [0.25, 0.3) is 0 Å². The van der Waals surface area contributed by atoms with E-state index in [1.54, 1.807) is 12.1 Å². The Labute approximate surface area is 128 Å². The average molecular weight is 302 g/mol. The largest absolute Gasteiger partial charge is 0.481 e. The van der Waals surface area contributed by atoms with E-state index >= 15 is 0 Å². The number of aliphatic carboxylic acids is 1. The highest BCUT2D eigenvalue weighted by Gasteiger charge is 1.96. The maximum Gasteiger partial charge on any atom is 0.307 e. The monoisotopic (exact) mass is 302 g/mol. The minimum absolute atomic E-state index is 0.112. The zero-order chi connectivity index (χ0) is 15.5. The molecule has 0 saturated heterocycles. The van der Waals surface area contributed by atoms with Crippen molar-refractivity contribution in [3.63, 3.8) is 0 Å². The number of rotatable bonds is 4. The lowest BCUT2D eigenvalue weighted by atomic mass is 10.2. The molecule has 110 valence electrons. The second kappa shape index (κ2) is 9.61. The first-order valence-corrected chi connectivity index (χ1v) is 7.33. The Kier molecular flexibility index (Phi) is 7.68. The number of carbonyl (C=O) groups is 1. The number of nitrogens with one attached hydrogen (secondary N) is 1. The van der Waals surface area contributed by atoms with E-state index in [4.69, 9.17) is 16.2 Å². The fourth-order valence-electron chi connectivity index (χ4n) is 1.51. The molecule has 0 unspecified atom stereocenters. The third-order valence-electron chi connectivity index (χ3n) is 2.44. The van der Waals surface area contributed by atoms with Crippen LogP contribution in [-0.2, 0) is 17.0 Å². The lowest BCUT2D eigenvalue weighted by Crippen LogP contribution is -2.03. The first kappa shape index (κ1) is 16.8. The summed E-state index contributed by atoms with van der Waals surface area (Å²) in [7, 11) is 0. The Morgan fingerprint density at radius 1 is 1.00 bits per heavy atom. The zero-order valence-electron chi connectivity index (χ0n) is 11.5. The summed E-state index contributed by atoms with van der Waals surface area (Å²) in [6.45, 7) is 0. The molecule has 0 aliphatic heterocycles. The summed E-state index contributed by atoms with van der Waals surface area (Å²) in [5.41, 5.74) is 7.23. The van der Waals surface area contributed by atoms with Crippen LogP contribution >= 0.6 is 11.8 Å². The third kappa shape index (κ3) is 8.49. The summed E-state index contributed by atoms with van der Waals surface area (Å²) in [4.78, 5) is 10.2. The van der Waals surface area contributed by atoms with Crippen LogP contribution in [0.2, 0.25) is 0 Å². The molecule has 0 aliphatic carbocycles. The van der Waals surface area contributed by atoms with E-state index < -0.39 is 5.97 Å². The number of amidine groups is 1. The molecule has 0 bridgehead atoms. The molecule has 0 aromatic heterocycles. The topological polar surface area (TPSA) is 87.2 Å². The summed E-state index contributed by atoms with van der Waals surface area (Å²) in [5.74, 6) is 0.00194. The van der Waals surface area contributed by atoms with E-state index in [0.29, 0.717) is 0 Å². The molecule has 0 aliphatic rings. The van der Waals surface area contributed by atoms with Crippen molar-refractivity contribution in [2.24, 2.45) is 5.73 Å². The van der Waals surface area contributed by atoms with Gasteiger partial charge in [-0.1, -0.05) is 72.4 Å². The molecule has 0 spiro atoms. The first-order valence-electron chi connectivity index (χ1n) is 6.34. The van der Waals surface area contributed by atoms with Crippen molar-refractivity contribution in [2.75, 3.05) is 0 Å². The summed E-state index contributed by atoms with van der Waals surface area (Å²) >= 11 is 1.35. The molecule has 4 N–H and O–H groups in total. The van der Waals surface area contributed by atoms with Gasteiger partial charge in [-0.15, -0.1) is 0 Å². The van der Waals surface area contributed by atoms with Crippen LogP contribution in [0.25, 0.3) is 0 Å².